The van der Waals surface area contributed by atoms with Crippen molar-refractivity contribution in [3.05, 3.63) is 86.0 Å². The molecule has 8 aromatic heterocycles. The number of nitrogens with one attached hydrogen (secondary N) is 3. The van der Waals surface area contributed by atoms with Gasteiger partial charge in [0, 0.05) is 142 Å². The first-order valence-corrected chi connectivity index (χ1v) is 17.6. The number of hydrogen-bond donors (Lipinski definition) is 3. The zero-order valence-electron chi connectivity index (χ0n) is 29.1. The third kappa shape index (κ3) is 6.42. The van der Waals surface area contributed by atoms with Crippen molar-refractivity contribution in [1.29, 1.82) is 0 Å². The van der Waals surface area contributed by atoms with Crippen molar-refractivity contribution in [2.24, 2.45) is 0 Å². The number of anilines is 2. The van der Waals surface area contributed by atoms with Gasteiger partial charge >= 0.3 is 0 Å². The van der Waals surface area contributed by atoms with E-state index in [-0.39, 0.29) is 5.91 Å². The highest BCUT2D eigenvalue weighted by molar-refractivity contribution is 6.06. The molecule has 10 rings (SSSR count). The average molecular weight is 705 g/mol. The molecule has 15 heteroatoms. The Labute approximate surface area is 303 Å². The maximum absolute atomic E-state index is 11.5. The summed E-state index contributed by atoms with van der Waals surface area (Å²) in [5.74, 6) is 1.58. The van der Waals surface area contributed by atoms with E-state index in [4.69, 9.17) is 9.97 Å². The summed E-state index contributed by atoms with van der Waals surface area (Å²) in [6, 6.07) is 12.0. The topological polar surface area (TPSA) is 174 Å². The Bertz CT molecular complexity index is 2550. The summed E-state index contributed by atoms with van der Waals surface area (Å²) < 4.78 is 0. The third-order valence-electron chi connectivity index (χ3n) is 9.79. The maximum atomic E-state index is 11.5. The van der Waals surface area contributed by atoms with Crippen molar-refractivity contribution >= 4 is 61.7 Å². The second-order valence-electron chi connectivity index (χ2n) is 13.1. The number of carbonyl (C=O) groups excluding carboxylic acids is 1. The fourth-order valence-corrected chi connectivity index (χ4v) is 6.88. The highest BCUT2D eigenvalue weighted by Crippen LogP contribution is 2.28. The molecule has 264 valence electrons. The van der Waals surface area contributed by atoms with Gasteiger partial charge in [-0.3, -0.25) is 14.8 Å². The van der Waals surface area contributed by atoms with E-state index < -0.39 is 0 Å². The SMILES string of the molecule is CC(=O)N1CCN(c2ncc(-c3ccc4c(n3)[nH]c3ccncc34)cn2)CC1.c1cc2[nH]c3nc(-c4cnc(N5CCNCC5)nc4)ccc3c2cn1. The van der Waals surface area contributed by atoms with Crippen LogP contribution in [0.5, 0.6) is 0 Å². The van der Waals surface area contributed by atoms with Gasteiger partial charge in [0.05, 0.1) is 22.4 Å². The molecule has 0 aromatic carbocycles. The molecule has 2 fully saturated rings. The van der Waals surface area contributed by atoms with Crippen LogP contribution in [-0.2, 0) is 4.79 Å². The van der Waals surface area contributed by atoms with Crippen LogP contribution in [-0.4, -0.2) is 113 Å². The monoisotopic (exact) mass is 704 g/mol. The standard InChI is InChI=1S/C20H19N7O.C18H17N7/c1-13(28)26-6-8-27(9-7-26)20-22-10-14(11-23-20)17-3-2-15-16-12-21-5-4-18(16)25-19(15)24-17;1-2-15(23-17-13(1)14-11-20-4-3-16(14)24-17)12-9-21-18(22-10-12)25-7-5-19-6-8-25/h2-5,10-12H,6-9H2,1H3,(H,24,25);1-4,9-11,19H,5-8H2,(H,23,24). The summed E-state index contributed by atoms with van der Waals surface area (Å²) in [5, 5.41) is 7.61. The van der Waals surface area contributed by atoms with Crippen molar-refractivity contribution in [3.8, 4) is 22.5 Å². The molecule has 0 spiro atoms. The quantitative estimate of drug-likeness (QED) is 0.239. The smallest absolute Gasteiger partial charge is 0.225 e. The summed E-state index contributed by atoms with van der Waals surface area (Å²) in [4.78, 5) is 60.2. The van der Waals surface area contributed by atoms with Crippen molar-refractivity contribution in [1.82, 2.24) is 60.1 Å². The molecule has 0 bridgehead atoms. The van der Waals surface area contributed by atoms with E-state index in [9.17, 15) is 4.79 Å². The van der Waals surface area contributed by atoms with Crippen LogP contribution in [0.2, 0.25) is 0 Å². The first kappa shape index (κ1) is 32.3. The average Bonchev–Trinajstić information content (AvgIpc) is 3.79. The molecule has 10 heterocycles. The molecule has 2 aliphatic heterocycles. The number of fused-ring (bicyclic) bond motifs is 6. The summed E-state index contributed by atoms with van der Waals surface area (Å²) in [6.45, 7) is 8.31. The lowest BCUT2D eigenvalue weighted by molar-refractivity contribution is -0.129. The van der Waals surface area contributed by atoms with Crippen LogP contribution in [0.15, 0.2) is 86.0 Å². The number of H-pyrrole nitrogens is 2. The van der Waals surface area contributed by atoms with Gasteiger partial charge in [-0.2, -0.15) is 0 Å². The molecule has 0 saturated carbocycles. The minimum Gasteiger partial charge on any atom is -0.339 e. The van der Waals surface area contributed by atoms with Gasteiger partial charge in [0.25, 0.3) is 0 Å². The molecular weight excluding hydrogens is 669 g/mol. The number of piperazine rings is 2. The van der Waals surface area contributed by atoms with Gasteiger partial charge < -0.3 is 30.0 Å². The van der Waals surface area contributed by atoms with Gasteiger partial charge in [0.2, 0.25) is 17.8 Å². The minimum absolute atomic E-state index is 0.116. The largest absolute Gasteiger partial charge is 0.339 e. The van der Waals surface area contributed by atoms with Gasteiger partial charge in [0.1, 0.15) is 11.3 Å². The van der Waals surface area contributed by atoms with E-state index in [1.54, 1.807) is 31.7 Å². The van der Waals surface area contributed by atoms with Gasteiger partial charge in [-0.15, -0.1) is 0 Å². The Hall–Kier alpha value is -6.61. The summed E-state index contributed by atoms with van der Waals surface area (Å²) >= 11 is 0. The molecule has 0 radical (unpaired) electrons. The van der Waals surface area contributed by atoms with Gasteiger partial charge in [-0.05, 0) is 36.4 Å². The van der Waals surface area contributed by atoms with Crippen molar-refractivity contribution in [2.45, 2.75) is 6.92 Å². The summed E-state index contributed by atoms with van der Waals surface area (Å²) in [5.41, 5.74) is 7.20. The first-order valence-electron chi connectivity index (χ1n) is 17.6. The van der Waals surface area contributed by atoms with E-state index in [2.05, 4.69) is 61.1 Å². The van der Waals surface area contributed by atoms with Crippen molar-refractivity contribution < 1.29 is 4.79 Å². The number of rotatable bonds is 4. The number of aromatic amines is 2. The normalized spacial score (nSPS) is 14.9. The van der Waals surface area contributed by atoms with E-state index in [0.717, 1.165) is 112 Å². The van der Waals surface area contributed by atoms with E-state index in [1.807, 2.05) is 60.0 Å². The molecule has 8 aromatic rings. The molecule has 15 nitrogen and oxygen atoms in total. The molecule has 0 unspecified atom stereocenters. The second-order valence-corrected chi connectivity index (χ2v) is 13.1. The first-order chi connectivity index (χ1) is 26.1. The van der Waals surface area contributed by atoms with E-state index >= 15 is 0 Å². The molecule has 2 aliphatic rings. The fourth-order valence-electron chi connectivity index (χ4n) is 6.88. The molecule has 3 N–H and O–H groups in total. The van der Waals surface area contributed by atoms with Crippen LogP contribution in [0.4, 0.5) is 11.9 Å². The Morgan fingerprint density at radius 2 is 1.04 bits per heavy atom. The van der Waals surface area contributed by atoms with E-state index in [0.29, 0.717) is 19.0 Å². The van der Waals surface area contributed by atoms with Crippen molar-refractivity contribution in [2.75, 3.05) is 62.2 Å². The van der Waals surface area contributed by atoms with Crippen molar-refractivity contribution in [3.63, 3.8) is 0 Å². The maximum Gasteiger partial charge on any atom is 0.225 e. The lowest BCUT2D eigenvalue weighted by atomic mass is 10.2. The number of pyridine rings is 4. The third-order valence-corrected chi connectivity index (χ3v) is 9.79. The lowest BCUT2D eigenvalue weighted by Crippen LogP contribution is -2.48. The van der Waals surface area contributed by atoms with Crippen LogP contribution in [0.3, 0.4) is 0 Å². The van der Waals surface area contributed by atoms with Gasteiger partial charge in [-0.1, -0.05) is 0 Å². The highest BCUT2D eigenvalue weighted by atomic mass is 16.2. The minimum atomic E-state index is 0.116. The van der Waals surface area contributed by atoms with Gasteiger partial charge in [-0.25, -0.2) is 29.9 Å². The van der Waals surface area contributed by atoms with Crippen LogP contribution < -0.4 is 15.1 Å². The molecule has 1 amide bonds. The van der Waals surface area contributed by atoms with Gasteiger partial charge in [0.15, 0.2) is 0 Å². The Balaban J connectivity index is 0.000000141. The highest BCUT2D eigenvalue weighted by Gasteiger charge is 2.21. The summed E-state index contributed by atoms with van der Waals surface area (Å²) in [6.07, 6.45) is 14.6. The zero-order valence-corrected chi connectivity index (χ0v) is 29.1. The van der Waals surface area contributed by atoms with E-state index in [1.165, 1.54) is 0 Å². The number of aromatic nitrogens is 10. The summed E-state index contributed by atoms with van der Waals surface area (Å²) in [7, 11) is 0. The molecule has 0 aliphatic carbocycles. The molecule has 2 saturated heterocycles. The number of amides is 1. The lowest BCUT2D eigenvalue weighted by Gasteiger charge is -2.34. The Kier molecular flexibility index (Phi) is 8.44. The van der Waals surface area contributed by atoms with Crippen LogP contribution in [0.25, 0.3) is 66.4 Å². The Morgan fingerprint density at radius 3 is 1.51 bits per heavy atom. The van der Waals surface area contributed by atoms with Crippen LogP contribution in [0, 0.1) is 0 Å². The van der Waals surface area contributed by atoms with Crippen LogP contribution >= 0.6 is 0 Å². The Morgan fingerprint density at radius 1 is 0.566 bits per heavy atom. The molecular formula is C38H36N14O. The number of hydrogen-bond acceptors (Lipinski definition) is 12. The fraction of sp³-hybridized carbons (Fsp3) is 0.237. The molecule has 0 atom stereocenters. The molecule has 53 heavy (non-hydrogen) atoms. The zero-order chi connectivity index (χ0) is 35.7. The number of nitrogens with zero attached hydrogens (tertiary/aromatic N) is 11. The van der Waals surface area contributed by atoms with Crippen LogP contribution in [0.1, 0.15) is 6.92 Å². The second kappa shape index (κ2) is 13.8. The number of carbonyl (C=O) groups is 1. The predicted octanol–water partition coefficient (Wildman–Crippen LogP) is 4.21. The predicted molar refractivity (Wildman–Crippen MR) is 204 cm³/mol.